The van der Waals surface area contributed by atoms with Gasteiger partial charge >= 0.3 is 0 Å². The monoisotopic (exact) mass is 164 g/mol. The quantitative estimate of drug-likeness (QED) is 0.668. The van der Waals surface area contributed by atoms with Gasteiger partial charge in [-0.2, -0.15) is 5.10 Å². The molecule has 1 aromatic heterocycles. The zero-order valence-corrected chi connectivity index (χ0v) is 6.85. The van der Waals surface area contributed by atoms with Crippen LogP contribution in [-0.4, -0.2) is 14.9 Å². The summed E-state index contributed by atoms with van der Waals surface area (Å²) in [4.78, 5) is 0. The van der Waals surface area contributed by atoms with Gasteiger partial charge in [0.05, 0.1) is 18.8 Å². The Morgan fingerprint density at radius 3 is 3.17 bits per heavy atom. The van der Waals surface area contributed by atoms with E-state index in [1.165, 1.54) is 0 Å². The number of aliphatic hydroxyl groups is 1. The second kappa shape index (κ2) is 3.11. The highest BCUT2D eigenvalue weighted by atomic mass is 16.3. The van der Waals surface area contributed by atoms with Crippen LogP contribution in [0.3, 0.4) is 0 Å². The summed E-state index contributed by atoms with van der Waals surface area (Å²) < 4.78 is 1.91. The van der Waals surface area contributed by atoms with E-state index in [0.717, 1.165) is 18.4 Å². The molecule has 2 rings (SSSR count). The molecule has 0 bridgehead atoms. The molecular weight excluding hydrogens is 152 g/mol. The average Bonchev–Trinajstić information content (AvgIpc) is 2.75. The van der Waals surface area contributed by atoms with Crippen molar-refractivity contribution < 1.29 is 5.11 Å². The SMILES string of the molecule is OCc1cnn(C2C=CCC2)c1. The Labute approximate surface area is 71.3 Å². The Balaban J connectivity index is 2.16. The van der Waals surface area contributed by atoms with E-state index in [1.54, 1.807) is 6.20 Å². The number of nitrogens with zero attached hydrogens (tertiary/aromatic N) is 2. The molecule has 1 N–H and O–H groups in total. The highest BCUT2D eigenvalue weighted by Crippen LogP contribution is 2.21. The fraction of sp³-hybridized carbons (Fsp3) is 0.444. The number of hydrogen-bond acceptors (Lipinski definition) is 2. The Bertz CT molecular complexity index is 290. The third-order valence-electron chi connectivity index (χ3n) is 2.16. The third kappa shape index (κ3) is 1.28. The van der Waals surface area contributed by atoms with Gasteiger partial charge in [-0.25, -0.2) is 0 Å². The van der Waals surface area contributed by atoms with Crippen LogP contribution in [0.2, 0.25) is 0 Å². The third-order valence-corrected chi connectivity index (χ3v) is 2.16. The van der Waals surface area contributed by atoms with Crippen LogP contribution in [0.5, 0.6) is 0 Å². The van der Waals surface area contributed by atoms with Crippen LogP contribution >= 0.6 is 0 Å². The van der Waals surface area contributed by atoms with E-state index in [1.807, 2.05) is 10.9 Å². The Morgan fingerprint density at radius 1 is 1.67 bits per heavy atom. The summed E-state index contributed by atoms with van der Waals surface area (Å²) in [5.41, 5.74) is 0.885. The zero-order valence-electron chi connectivity index (χ0n) is 6.85. The number of aliphatic hydroxyl groups excluding tert-OH is 1. The minimum Gasteiger partial charge on any atom is -0.392 e. The van der Waals surface area contributed by atoms with Gasteiger partial charge in [0.25, 0.3) is 0 Å². The Morgan fingerprint density at radius 2 is 2.58 bits per heavy atom. The minimum absolute atomic E-state index is 0.0798. The number of allylic oxidation sites excluding steroid dienone is 2. The van der Waals surface area contributed by atoms with Crippen molar-refractivity contribution in [3.05, 3.63) is 30.1 Å². The molecule has 1 aliphatic rings. The molecule has 0 saturated heterocycles. The summed E-state index contributed by atoms with van der Waals surface area (Å²) in [6.45, 7) is 0.0798. The lowest BCUT2D eigenvalue weighted by Gasteiger charge is -2.06. The number of aromatic nitrogens is 2. The highest BCUT2D eigenvalue weighted by molar-refractivity contribution is 5.06. The molecule has 0 radical (unpaired) electrons. The van der Waals surface area contributed by atoms with Gasteiger partial charge in [0.1, 0.15) is 0 Å². The summed E-state index contributed by atoms with van der Waals surface area (Å²) in [6, 6.07) is 0.408. The second-order valence-corrected chi connectivity index (χ2v) is 3.06. The van der Waals surface area contributed by atoms with Crippen molar-refractivity contribution in [1.82, 2.24) is 9.78 Å². The maximum Gasteiger partial charge on any atom is 0.0712 e. The van der Waals surface area contributed by atoms with Gasteiger partial charge in [0.2, 0.25) is 0 Å². The summed E-state index contributed by atoms with van der Waals surface area (Å²) in [7, 11) is 0. The molecule has 0 aromatic carbocycles. The van der Waals surface area contributed by atoms with Crippen molar-refractivity contribution in [2.24, 2.45) is 0 Å². The van der Waals surface area contributed by atoms with E-state index in [0.29, 0.717) is 6.04 Å². The van der Waals surface area contributed by atoms with Crippen LogP contribution in [0.25, 0.3) is 0 Å². The van der Waals surface area contributed by atoms with E-state index in [-0.39, 0.29) is 6.61 Å². The van der Waals surface area contributed by atoms with Crippen LogP contribution in [-0.2, 0) is 6.61 Å². The lowest BCUT2D eigenvalue weighted by atomic mass is 10.3. The maximum absolute atomic E-state index is 8.82. The first-order valence-electron chi connectivity index (χ1n) is 4.20. The predicted octanol–water partition coefficient (Wildman–Crippen LogP) is 1.27. The van der Waals surface area contributed by atoms with Gasteiger partial charge in [-0.15, -0.1) is 0 Å². The van der Waals surface area contributed by atoms with Gasteiger partial charge in [0.15, 0.2) is 0 Å². The summed E-state index contributed by atoms with van der Waals surface area (Å²) in [6.07, 6.45) is 10.2. The molecule has 64 valence electrons. The predicted molar refractivity (Wildman–Crippen MR) is 45.6 cm³/mol. The first kappa shape index (κ1) is 7.55. The molecule has 0 amide bonds. The normalized spacial score (nSPS) is 21.9. The van der Waals surface area contributed by atoms with Crippen LogP contribution in [0.4, 0.5) is 0 Å². The van der Waals surface area contributed by atoms with Crippen molar-refractivity contribution in [3.8, 4) is 0 Å². The van der Waals surface area contributed by atoms with Gasteiger partial charge in [-0.05, 0) is 12.8 Å². The van der Waals surface area contributed by atoms with E-state index in [2.05, 4.69) is 17.3 Å². The molecule has 1 heterocycles. The van der Waals surface area contributed by atoms with Gasteiger partial charge in [0, 0.05) is 11.8 Å². The van der Waals surface area contributed by atoms with E-state index in [4.69, 9.17) is 5.11 Å². The fourth-order valence-electron chi connectivity index (χ4n) is 1.48. The molecule has 1 aliphatic carbocycles. The van der Waals surface area contributed by atoms with E-state index in [9.17, 15) is 0 Å². The molecule has 1 unspecified atom stereocenters. The van der Waals surface area contributed by atoms with Gasteiger partial charge < -0.3 is 5.11 Å². The molecule has 0 fully saturated rings. The first-order chi connectivity index (χ1) is 5.90. The van der Waals surface area contributed by atoms with E-state index >= 15 is 0 Å². The second-order valence-electron chi connectivity index (χ2n) is 3.06. The summed E-state index contributed by atoms with van der Waals surface area (Å²) >= 11 is 0. The zero-order chi connectivity index (χ0) is 8.39. The standard InChI is InChI=1S/C9H12N2O/c12-7-8-5-10-11(6-8)9-3-1-2-4-9/h1,3,5-6,9,12H,2,4,7H2. The molecule has 1 atom stereocenters. The molecule has 3 heteroatoms. The molecule has 0 saturated carbocycles. The van der Waals surface area contributed by atoms with Crippen molar-refractivity contribution in [3.63, 3.8) is 0 Å². The van der Waals surface area contributed by atoms with Crippen LogP contribution in [0.1, 0.15) is 24.4 Å². The molecule has 0 aliphatic heterocycles. The first-order valence-corrected chi connectivity index (χ1v) is 4.20. The van der Waals surface area contributed by atoms with Crippen molar-refractivity contribution in [2.45, 2.75) is 25.5 Å². The summed E-state index contributed by atoms with van der Waals surface area (Å²) in [5, 5.41) is 13.0. The molecule has 0 spiro atoms. The number of hydrogen-bond donors (Lipinski definition) is 1. The lowest BCUT2D eigenvalue weighted by molar-refractivity contribution is 0.281. The lowest BCUT2D eigenvalue weighted by Crippen LogP contribution is -2.03. The van der Waals surface area contributed by atoms with E-state index < -0.39 is 0 Å². The summed E-state index contributed by atoms with van der Waals surface area (Å²) in [5.74, 6) is 0. The van der Waals surface area contributed by atoms with Crippen molar-refractivity contribution in [2.75, 3.05) is 0 Å². The van der Waals surface area contributed by atoms with Crippen LogP contribution in [0.15, 0.2) is 24.5 Å². The Hall–Kier alpha value is -1.09. The highest BCUT2D eigenvalue weighted by Gasteiger charge is 2.11. The molecular formula is C9H12N2O. The van der Waals surface area contributed by atoms with Gasteiger partial charge in [-0.1, -0.05) is 12.2 Å². The van der Waals surface area contributed by atoms with Gasteiger partial charge in [-0.3, -0.25) is 4.68 Å². The van der Waals surface area contributed by atoms with Crippen molar-refractivity contribution in [1.29, 1.82) is 0 Å². The fourth-order valence-corrected chi connectivity index (χ4v) is 1.48. The molecule has 1 aromatic rings. The maximum atomic E-state index is 8.82. The average molecular weight is 164 g/mol. The Kier molecular flexibility index (Phi) is 1.96. The number of rotatable bonds is 2. The minimum atomic E-state index is 0.0798. The van der Waals surface area contributed by atoms with Crippen LogP contribution in [0, 0.1) is 0 Å². The molecule has 3 nitrogen and oxygen atoms in total. The van der Waals surface area contributed by atoms with Crippen LogP contribution < -0.4 is 0 Å². The molecule has 12 heavy (non-hydrogen) atoms. The largest absolute Gasteiger partial charge is 0.392 e. The smallest absolute Gasteiger partial charge is 0.0712 e. The topological polar surface area (TPSA) is 38.1 Å². The van der Waals surface area contributed by atoms with Crippen molar-refractivity contribution >= 4 is 0 Å².